The standard InChI is InChI=1S/C33H31F3N4O3S2/c1-21-14-22(6-4-7-30-38(2)26-10-8-24(33(34,35)36)18-27(26)39(30)13-5-12-37)16-23(15-21)17-31-40(20-32(41)42)28-19-25(45-43-3)9-11-29(28)44-31/h4,6-11,16-19,21H,5,13-15,20H2,1-3H3/p+1. The third kappa shape index (κ3) is 7.32. The van der Waals surface area contributed by atoms with E-state index in [1.807, 2.05) is 45.9 Å². The summed E-state index contributed by atoms with van der Waals surface area (Å²) in [6, 6.07) is 11.6. The zero-order chi connectivity index (χ0) is 32.3. The summed E-state index contributed by atoms with van der Waals surface area (Å²) in [6.07, 6.45) is 7.30. The van der Waals surface area contributed by atoms with Crippen LogP contribution < -0.4 is 9.47 Å². The number of aryl methyl sites for hydroxylation is 2. The van der Waals surface area contributed by atoms with Crippen LogP contribution in [-0.2, 0) is 28.7 Å². The van der Waals surface area contributed by atoms with Gasteiger partial charge in [-0.25, -0.2) is 9.13 Å². The number of anilines is 1. The highest BCUT2D eigenvalue weighted by Crippen LogP contribution is 2.48. The fourth-order valence-corrected chi connectivity index (χ4v) is 7.32. The molecule has 7 nitrogen and oxygen atoms in total. The molecule has 0 saturated carbocycles. The van der Waals surface area contributed by atoms with Crippen molar-refractivity contribution in [3.63, 3.8) is 0 Å². The van der Waals surface area contributed by atoms with Crippen LogP contribution in [0.5, 0.6) is 0 Å². The summed E-state index contributed by atoms with van der Waals surface area (Å²) < 4.78 is 49.2. The molecule has 1 aromatic heterocycles. The number of benzene rings is 2. The van der Waals surface area contributed by atoms with Crippen molar-refractivity contribution in [3.05, 3.63) is 88.3 Å². The highest BCUT2D eigenvalue weighted by Gasteiger charge is 2.33. The maximum Gasteiger partial charge on any atom is 0.416 e. The number of thioether (sulfide) groups is 1. The summed E-state index contributed by atoms with van der Waals surface area (Å²) in [5.74, 6) is 0.111. The molecule has 1 N–H and O–H groups in total. The molecule has 0 radical (unpaired) electrons. The van der Waals surface area contributed by atoms with Crippen molar-refractivity contribution in [2.24, 2.45) is 13.0 Å². The number of imidazole rings is 1. The van der Waals surface area contributed by atoms with Gasteiger partial charge in [-0.1, -0.05) is 36.9 Å². The molecule has 1 atom stereocenters. The van der Waals surface area contributed by atoms with Gasteiger partial charge in [-0.3, -0.25) is 4.79 Å². The lowest BCUT2D eigenvalue weighted by Crippen LogP contribution is -2.31. The monoisotopic (exact) mass is 653 g/mol. The minimum Gasteiger partial charge on any atom is -0.480 e. The topological polar surface area (TPSA) is 82.4 Å². The van der Waals surface area contributed by atoms with Crippen LogP contribution >= 0.6 is 23.8 Å². The van der Waals surface area contributed by atoms with E-state index in [4.69, 9.17) is 4.18 Å². The van der Waals surface area contributed by atoms with Gasteiger partial charge in [0.15, 0.2) is 11.0 Å². The van der Waals surface area contributed by atoms with E-state index >= 15 is 0 Å². The first-order valence-corrected chi connectivity index (χ1v) is 15.8. The largest absolute Gasteiger partial charge is 0.480 e. The zero-order valence-electron chi connectivity index (χ0n) is 25.0. The Morgan fingerprint density at radius 3 is 2.78 bits per heavy atom. The number of carboxylic acids is 1. The first-order valence-electron chi connectivity index (χ1n) is 14.3. The van der Waals surface area contributed by atoms with Crippen LogP contribution in [0.3, 0.4) is 0 Å². The number of halogens is 3. The Bertz CT molecular complexity index is 1800. The van der Waals surface area contributed by atoms with Gasteiger partial charge < -0.3 is 14.2 Å². The average molecular weight is 654 g/mol. The van der Waals surface area contributed by atoms with E-state index in [2.05, 4.69) is 25.1 Å². The van der Waals surface area contributed by atoms with Crippen molar-refractivity contribution in [2.75, 3.05) is 18.6 Å². The number of nitriles is 1. The van der Waals surface area contributed by atoms with E-state index in [0.717, 1.165) is 56.6 Å². The summed E-state index contributed by atoms with van der Waals surface area (Å²) in [5, 5.41) is 19.7. The van der Waals surface area contributed by atoms with Gasteiger partial charge in [-0.2, -0.15) is 18.4 Å². The third-order valence-electron chi connectivity index (χ3n) is 7.60. The van der Waals surface area contributed by atoms with Gasteiger partial charge in [-0.15, -0.1) is 0 Å². The number of aliphatic carboxylic acids is 1. The quantitative estimate of drug-likeness (QED) is 0.186. The molecule has 5 rings (SSSR count). The number of hydrogen-bond donors (Lipinski definition) is 1. The molecule has 3 aromatic rings. The fourth-order valence-electron chi connectivity index (χ4n) is 5.73. The van der Waals surface area contributed by atoms with Crippen molar-refractivity contribution in [1.29, 1.82) is 5.26 Å². The molecule has 0 saturated heterocycles. The Labute approximate surface area is 268 Å². The molecule has 0 bridgehead atoms. The van der Waals surface area contributed by atoms with Gasteiger partial charge in [0.2, 0.25) is 0 Å². The summed E-state index contributed by atoms with van der Waals surface area (Å²) in [5.41, 5.74) is 3.33. The van der Waals surface area contributed by atoms with Crippen LogP contribution in [0.25, 0.3) is 17.1 Å². The first-order chi connectivity index (χ1) is 21.5. The normalized spacial score (nSPS) is 18.6. The minimum atomic E-state index is -4.47. The van der Waals surface area contributed by atoms with Crippen molar-refractivity contribution >= 4 is 52.6 Å². The minimum absolute atomic E-state index is 0.160. The molecule has 2 aromatic carbocycles. The number of rotatable bonds is 9. The van der Waals surface area contributed by atoms with E-state index in [1.54, 1.807) is 18.7 Å². The molecule has 45 heavy (non-hydrogen) atoms. The highest BCUT2D eigenvalue weighted by atomic mass is 32.2. The second kappa shape index (κ2) is 13.6. The Morgan fingerprint density at radius 1 is 1.27 bits per heavy atom. The number of nitrogens with zero attached hydrogens (tertiary/aromatic N) is 4. The highest BCUT2D eigenvalue weighted by molar-refractivity contribution is 8.03. The summed E-state index contributed by atoms with van der Waals surface area (Å²) in [7, 11) is 3.39. The van der Waals surface area contributed by atoms with Gasteiger partial charge in [0.05, 0.1) is 42.9 Å². The van der Waals surface area contributed by atoms with E-state index in [9.17, 15) is 28.3 Å². The first kappa shape index (κ1) is 32.5. The van der Waals surface area contributed by atoms with Gasteiger partial charge in [0, 0.05) is 34.0 Å². The number of alkyl halides is 3. The molecule has 2 aliphatic rings. The lowest BCUT2D eigenvalue weighted by atomic mass is 9.87. The summed E-state index contributed by atoms with van der Waals surface area (Å²) in [4.78, 5) is 15.4. The van der Waals surface area contributed by atoms with Crippen molar-refractivity contribution < 1.29 is 31.8 Å². The molecule has 234 valence electrons. The molecule has 2 heterocycles. The third-order valence-corrected chi connectivity index (χ3v) is 9.33. The van der Waals surface area contributed by atoms with Crippen LogP contribution in [0.1, 0.15) is 37.6 Å². The van der Waals surface area contributed by atoms with E-state index in [0.29, 0.717) is 22.8 Å². The summed E-state index contributed by atoms with van der Waals surface area (Å²) in [6.45, 7) is 2.27. The van der Waals surface area contributed by atoms with E-state index < -0.39 is 17.7 Å². The van der Waals surface area contributed by atoms with Gasteiger partial charge in [0.1, 0.15) is 13.1 Å². The number of allylic oxidation sites excluding steroid dienone is 6. The number of carboxylic acid groups (broad SMARTS) is 1. The van der Waals surface area contributed by atoms with Crippen molar-refractivity contribution in [1.82, 2.24) is 4.57 Å². The Kier molecular flexibility index (Phi) is 9.82. The number of fused-ring (bicyclic) bond motifs is 2. The Hall–Kier alpha value is -3.92. The Morgan fingerprint density at radius 2 is 2.07 bits per heavy atom. The maximum atomic E-state index is 13.5. The van der Waals surface area contributed by atoms with Crippen molar-refractivity contribution in [3.8, 4) is 6.07 Å². The van der Waals surface area contributed by atoms with E-state index in [-0.39, 0.29) is 19.5 Å². The van der Waals surface area contributed by atoms with Gasteiger partial charge in [-0.05, 0) is 66.3 Å². The molecule has 0 amide bonds. The fraction of sp³-hybridized carbons (Fsp3) is 0.303. The molecule has 12 heteroatoms. The van der Waals surface area contributed by atoms with Crippen LogP contribution in [0.2, 0.25) is 0 Å². The molecule has 1 unspecified atom stereocenters. The molecular weight excluding hydrogens is 622 g/mol. The smallest absolute Gasteiger partial charge is 0.416 e. The second-order valence-electron chi connectivity index (χ2n) is 11.0. The van der Waals surface area contributed by atoms with Crippen molar-refractivity contribution in [2.45, 2.75) is 48.7 Å². The van der Waals surface area contributed by atoms with E-state index in [1.165, 1.54) is 29.9 Å². The molecule has 0 fully saturated rings. The Balaban J connectivity index is 1.46. The van der Waals surface area contributed by atoms with Crippen LogP contribution in [0, 0.1) is 17.2 Å². The lowest BCUT2D eigenvalue weighted by Gasteiger charge is -2.22. The van der Waals surface area contributed by atoms with Gasteiger partial charge >= 0.3 is 12.1 Å². The molecule has 1 aliphatic heterocycles. The van der Waals surface area contributed by atoms with Crippen LogP contribution in [0.4, 0.5) is 18.9 Å². The SMILES string of the molecule is COSc1ccc2c(c1)N(CC(=O)O)C(=CC1=CC(=CC=Cc3n(CCC#N)c4cc(C(F)(F)F)ccc4[n+]3C)CC(C)C1)S2. The lowest BCUT2D eigenvalue weighted by molar-refractivity contribution is -0.647. The number of carbonyl (C=O) groups is 1. The maximum absolute atomic E-state index is 13.5. The number of hydrogen-bond acceptors (Lipinski definition) is 6. The number of aromatic nitrogens is 2. The molecular formula is C33H32F3N4O3S2+. The summed E-state index contributed by atoms with van der Waals surface area (Å²) >= 11 is 2.76. The molecule has 0 spiro atoms. The average Bonchev–Trinajstić information content (AvgIpc) is 3.44. The van der Waals surface area contributed by atoms with Crippen LogP contribution in [0.15, 0.2) is 86.7 Å². The zero-order valence-corrected chi connectivity index (χ0v) is 26.6. The predicted octanol–water partition coefficient (Wildman–Crippen LogP) is 7.89. The van der Waals surface area contributed by atoms with Gasteiger partial charge in [0.25, 0.3) is 5.82 Å². The van der Waals surface area contributed by atoms with Crippen LogP contribution in [-0.4, -0.2) is 29.3 Å². The predicted molar refractivity (Wildman–Crippen MR) is 170 cm³/mol. The second-order valence-corrected chi connectivity index (χ2v) is 13.0. The molecule has 1 aliphatic carbocycles.